The molecule has 1 fully saturated rings. The number of amides is 1. The van der Waals surface area contributed by atoms with E-state index in [-0.39, 0.29) is 5.56 Å². The van der Waals surface area contributed by atoms with Gasteiger partial charge in [0.2, 0.25) is 0 Å². The normalized spacial score (nSPS) is 16.0. The maximum atomic E-state index is 11.8. The second kappa shape index (κ2) is 7.01. The number of nitrogens with zero attached hydrogens (tertiary/aromatic N) is 1. The molecule has 0 radical (unpaired) electrons. The number of carbonyl (C=O) groups excluding carboxylic acids is 1. The molecule has 1 aromatic rings. The van der Waals surface area contributed by atoms with Crippen molar-refractivity contribution in [1.82, 2.24) is 25.5 Å². The number of piperazine rings is 1. The van der Waals surface area contributed by atoms with Crippen LogP contribution in [-0.2, 0) is 0 Å². The third kappa shape index (κ3) is 4.04. The van der Waals surface area contributed by atoms with Crippen LogP contribution in [0.25, 0.3) is 0 Å². The van der Waals surface area contributed by atoms with Gasteiger partial charge in [-0.25, -0.2) is 4.79 Å². The molecule has 1 aromatic heterocycles. The molecule has 0 spiro atoms. The number of aromatic nitrogens is 2. The van der Waals surface area contributed by atoms with Crippen molar-refractivity contribution in [1.29, 1.82) is 0 Å². The molecule has 20 heavy (non-hydrogen) atoms. The molecule has 0 atom stereocenters. The number of rotatable bonds is 5. The van der Waals surface area contributed by atoms with E-state index in [4.69, 9.17) is 0 Å². The largest absolute Gasteiger partial charge is 0.352 e. The highest BCUT2D eigenvalue weighted by Gasteiger charge is 2.11. The van der Waals surface area contributed by atoms with Crippen LogP contribution in [0.3, 0.4) is 0 Å². The fourth-order valence-corrected chi connectivity index (χ4v) is 2.11. The predicted octanol–water partition coefficient (Wildman–Crippen LogP) is -1.91. The Balaban J connectivity index is 1.74. The van der Waals surface area contributed by atoms with Gasteiger partial charge in [-0.3, -0.25) is 14.6 Å². The summed E-state index contributed by atoms with van der Waals surface area (Å²) in [5.41, 5.74) is -1.37. The Bertz CT molecular complexity index is 559. The molecule has 1 saturated heterocycles. The minimum absolute atomic E-state index is 0.0771. The summed E-state index contributed by atoms with van der Waals surface area (Å²) in [7, 11) is 0. The molecular weight excluding hydrogens is 262 g/mol. The first kappa shape index (κ1) is 14.5. The van der Waals surface area contributed by atoms with Gasteiger partial charge in [0.05, 0.1) is 0 Å². The van der Waals surface area contributed by atoms with Gasteiger partial charge >= 0.3 is 5.69 Å². The first-order valence-electron chi connectivity index (χ1n) is 6.70. The third-order valence-electron chi connectivity index (χ3n) is 3.21. The van der Waals surface area contributed by atoms with Gasteiger partial charge in [0.15, 0.2) is 0 Å². The molecule has 0 aromatic carbocycles. The van der Waals surface area contributed by atoms with E-state index in [2.05, 4.69) is 20.5 Å². The number of H-pyrrole nitrogens is 2. The molecule has 0 unspecified atom stereocenters. The molecule has 110 valence electrons. The lowest BCUT2D eigenvalue weighted by atomic mass is 10.3. The van der Waals surface area contributed by atoms with Crippen molar-refractivity contribution in [2.24, 2.45) is 0 Å². The average Bonchev–Trinajstić information content (AvgIpc) is 2.44. The van der Waals surface area contributed by atoms with Crippen LogP contribution in [0.5, 0.6) is 0 Å². The van der Waals surface area contributed by atoms with Crippen LogP contribution < -0.4 is 21.9 Å². The number of carbonyl (C=O) groups is 1. The van der Waals surface area contributed by atoms with E-state index in [1.807, 2.05) is 4.98 Å². The molecule has 2 heterocycles. The summed E-state index contributed by atoms with van der Waals surface area (Å²) in [5, 5.41) is 5.95. The topological polar surface area (TPSA) is 110 Å². The fourth-order valence-electron chi connectivity index (χ4n) is 2.11. The van der Waals surface area contributed by atoms with Crippen LogP contribution in [0.2, 0.25) is 0 Å². The first-order valence-corrected chi connectivity index (χ1v) is 6.70. The van der Waals surface area contributed by atoms with Crippen LogP contribution >= 0.6 is 0 Å². The minimum atomic E-state index is -0.673. The third-order valence-corrected chi connectivity index (χ3v) is 3.21. The van der Waals surface area contributed by atoms with Crippen molar-refractivity contribution >= 4 is 5.91 Å². The maximum Gasteiger partial charge on any atom is 0.325 e. The lowest BCUT2D eigenvalue weighted by Crippen LogP contribution is -2.44. The molecule has 1 aliphatic heterocycles. The Morgan fingerprint density at radius 2 is 2.05 bits per heavy atom. The standard InChI is InChI=1S/C12H19N5O3/c18-10(9-8-15-12(20)16-11(9)19)14-2-1-5-17-6-3-13-4-7-17/h8,13H,1-7H2,(H,14,18)(H2,15,16,19,20). The van der Waals surface area contributed by atoms with E-state index in [1.54, 1.807) is 0 Å². The van der Waals surface area contributed by atoms with E-state index in [0.29, 0.717) is 6.54 Å². The number of aromatic amines is 2. The van der Waals surface area contributed by atoms with Crippen molar-refractivity contribution < 1.29 is 4.79 Å². The molecule has 2 rings (SSSR count). The lowest BCUT2D eigenvalue weighted by molar-refractivity contribution is 0.0949. The number of hydrogen-bond donors (Lipinski definition) is 4. The Hall–Kier alpha value is -1.93. The predicted molar refractivity (Wildman–Crippen MR) is 73.9 cm³/mol. The molecule has 0 aliphatic carbocycles. The SMILES string of the molecule is O=C(NCCCN1CCNCC1)c1c[nH]c(=O)[nH]c1=O. The number of hydrogen-bond acceptors (Lipinski definition) is 5. The van der Waals surface area contributed by atoms with Gasteiger partial charge in [-0.1, -0.05) is 0 Å². The molecular formula is C12H19N5O3. The van der Waals surface area contributed by atoms with Gasteiger partial charge in [0, 0.05) is 38.9 Å². The van der Waals surface area contributed by atoms with E-state index in [0.717, 1.165) is 45.3 Å². The molecule has 1 aliphatic rings. The van der Waals surface area contributed by atoms with E-state index < -0.39 is 17.2 Å². The van der Waals surface area contributed by atoms with Crippen molar-refractivity contribution in [2.75, 3.05) is 39.3 Å². The number of nitrogens with one attached hydrogen (secondary N) is 4. The smallest absolute Gasteiger partial charge is 0.325 e. The van der Waals surface area contributed by atoms with E-state index >= 15 is 0 Å². The van der Waals surface area contributed by atoms with Crippen molar-refractivity contribution in [3.8, 4) is 0 Å². The summed E-state index contributed by atoms with van der Waals surface area (Å²) in [6.07, 6.45) is 1.96. The first-order chi connectivity index (χ1) is 9.66. The summed E-state index contributed by atoms with van der Waals surface area (Å²) < 4.78 is 0. The van der Waals surface area contributed by atoms with Crippen LogP contribution in [0, 0.1) is 0 Å². The van der Waals surface area contributed by atoms with Crippen LogP contribution in [0.15, 0.2) is 15.8 Å². The summed E-state index contributed by atoms with van der Waals surface area (Å²) >= 11 is 0. The van der Waals surface area contributed by atoms with E-state index in [1.165, 1.54) is 0 Å². The van der Waals surface area contributed by atoms with E-state index in [9.17, 15) is 14.4 Å². The monoisotopic (exact) mass is 281 g/mol. The highest BCUT2D eigenvalue weighted by molar-refractivity contribution is 5.93. The van der Waals surface area contributed by atoms with Crippen molar-refractivity contribution in [3.63, 3.8) is 0 Å². The van der Waals surface area contributed by atoms with Crippen molar-refractivity contribution in [2.45, 2.75) is 6.42 Å². The highest BCUT2D eigenvalue weighted by atomic mass is 16.2. The van der Waals surface area contributed by atoms with Crippen molar-refractivity contribution in [3.05, 3.63) is 32.6 Å². The average molecular weight is 281 g/mol. The quantitative estimate of drug-likeness (QED) is 0.471. The maximum absolute atomic E-state index is 11.8. The molecule has 0 bridgehead atoms. The van der Waals surface area contributed by atoms with Gasteiger partial charge in [-0.2, -0.15) is 0 Å². The summed E-state index contributed by atoms with van der Waals surface area (Å²) in [6, 6.07) is 0. The zero-order chi connectivity index (χ0) is 14.4. The van der Waals surface area contributed by atoms with Crippen LogP contribution in [0.4, 0.5) is 0 Å². The highest BCUT2D eigenvalue weighted by Crippen LogP contribution is 1.94. The Labute approximate surface area is 115 Å². The van der Waals surface area contributed by atoms with Gasteiger partial charge in [0.25, 0.3) is 11.5 Å². The summed E-state index contributed by atoms with van der Waals surface area (Å²) in [5.74, 6) is -0.470. The molecule has 1 amide bonds. The van der Waals surface area contributed by atoms with Gasteiger partial charge in [0.1, 0.15) is 5.56 Å². The second-order valence-corrected chi connectivity index (χ2v) is 4.69. The lowest BCUT2D eigenvalue weighted by Gasteiger charge is -2.27. The Morgan fingerprint density at radius 3 is 2.75 bits per heavy atom. The minimum Gasteiger partial charge on any atom is -0.352 e. The van der Waals surface area contributed by atoms with Crippen LogP contribution in [-0.4, -0.2) is 60.0 Å². The molecule has 8 heteroatoms. The van der Waals surface area contributed by atoms with Gasteiger partial charge in [-0.15, -0.1) is 0 Å². The van der Waals surface area contributed by atoms with Gasteiger partial charge < -0.3 is 20.5 Å². The molecule has 0 saturated carbocycles. The summed E-state index contributed by atoms with van der Waals surface area (Å²) in [6.45, 7) is 5.46. The zero-order valence-electron chi connectivity index (χ0n) is 11.2. The second-order valence-electron chi connectivity index (χ2n) is 4.69. The molecule has 4 N–H and O–H groups in total. The fraction of sp³-hybridized carbons (Fsp3) is 0.583. The summed E-state index contributed by atoms with van der Waals surface area (Å²) in [4.78, 5) is 40.6. The van der Waals surface area contributed by atoms with Gasteiger partial charge in [-0.05, 0) is 13.0 Å². The Kier molecular flexibility index (Phi) is 5.08. The Morgan fingerprint density at radius 1 is 1.30 bits per heavy atom. The molecule has 8 nitrogen and oxygen atoms in total. The zero-order valence-corrected chi connectivity index (χ0v) is 11.2. The van der Waals surface area contributed by atoms with Crippen LogP contribution in [0.1, 0.15) is 16.8 Å².